The Morgan fingerprint density at radius 2 is 2.04 bits per heavy atom. The van der Waals surface area contributed by atoms with E-state index in [1.54, 1.807) is 12.4 Å². The van der Waals surface area contributed by atoms with Crippen molar-refractivity contribution in [1.29, 1.82) is 0 Å². The first-order chi connectivity index (χ1) is 11.2. The number of rotatable bonds is 4. The molecular formula is C17H16N4OS. The van der Waals surface area contributed by atoms with Crippen LogP contribution in [0.5, 0.6) is 0 Å². The number of para-hydroxylation sites is 1. The number of hydrogen-bond donors (Lipinski definition) is 1. The molecule has 0 unspecified atom stereocenters. The maximum absolute atomic E-state index is 12.6. The van der Waals surface area contributed by atoms with Crippen molar-refractivity contribution in [2.45, 2.75) is 25.7 Å². The fourth-order valence-electron chi connectivity index (χ4n) is 2.63. The molecule has 0 radical (unpaired) electrons. The van der Waals surface area contributed by atoms with Gasteiger partial charge >= 0.3 is 0 Å². The zero-order chi connectivity index (χ0) is 15.8. The number of aromatic nitrogens is 3. The summed E-state index contributed by atoms with van der Waals surface area (Å²) in [4.78, 5) is 17.9. The number of amides is 1. The predicted octanol–water partition coefficient (Wildman–Crippen LogP) is 3.77. The van der Waals surface area contributed by atoms with E-state index < -0.39 is 0 Å². The van der Waals surface area contributed by atoms with Crippen molar-refractivity contribution >= 4 is 22.4 Å². The molecule has 23 heavy (non-hydrogen) atoms. The number of aryl methyl sites for hydroxylation is 1. The van der Waals surface area contributed by atoms with Crippen LogP contribution in [0.3, 0.4) is 0 Å². The van der Waals surface area contributed by atoms with Crippen molar-refractivity contribution in [2.24, 2.45) is 0 Å². The molecule has 0 saturated heterocycles. The highest BCUT2D eigenvalue weighted by Crippen LogP contribution is 2.42. The lowest BCUT2D eigenvalue weighted by Crippen LogP contribution is -2.14. The molecule has 1 aromatic carbocycles. The third-order valence-corrected chi connectivity index (χ3v) is 4.69. The summed E-state index contributed by atoms with van der Waals surface area (Å²) in [7, 11) is 0. The Bertz CT molecular complexity index is 849. The molecule has 6 heteroatoms. The van der Waals surface area contributed by atoms with Crippen molar-refractivity contribution in [2.75, 3.05) is 5.32 Å². The Kier molecular flexibility index (Phi) is 3.46. The molecule has 0 bridgehead atoms. The Labute approximate surface area is 138 Å². The summed E-state index contributed by atoms with van der Waals surface area (Å²) >= 11 is 1.47. The fraction of sp³-hybridized carbons (Fsp3) is 0.235. The topological polar surface area (TPSA) is 59.8 Å². The third kappa shape index (κ3) is 2.77. The van der Waals surface area contributed by atoms with Gasteiger partial charge in [-0.25, -0.2) is 9.67 Å². The summed E-state index contributed by atoms with van der Waals surface area (Å²) in [5.41, 5.74) is 2.63. The maximum atomic E-state index is 12.6. The van der Waals surface area contributed by atoms with E-state index in [0.29, 0.717) is 16.6 Å². The van der Waals surface area contributed by atoms with E-state index in [1.807, 2.05) is 41.9 Å². The molecule has 3 aromatic rings. The molecule has 2 heterocycles. The number of hydrogen-bond acceptors (Lipinski definition) is 4. The molecule has 0 spiro atoms. The number of nitrogens with zero attached hydrogens (tertiary/aromatic N) is 3. The van der Waals surface area contributed by atoms with E-state index in [0.717, 1.165) is 29.1 Å². The summed E-state index contributed by atoms with van der Waals surface area (Å²) in [5, 5.41) is 7.96. The van der Waals surface area contributed by atoms with E-state index in [1.165, 1.54) is 11.3 Å². The molecule has 1 saturated carbocycles. The highest BCUT2D eigenvalue weighted by Gasteiger charge is 2.33. The van der Waals surface area contributed by atoms with Gasteiger partial charge in [-0.1, -0.05) is 18.2 Å². The minimum absolute atomic E-state index is 0.136. The van der Waals surface area contributed by atoms with Gasteiger partial charge < -0.3 is 0 Å². The van der Waals surface area contributed by atoms with Crippen LogP contribution in [0.15, 0.2) is 42.7 Å². The zero-order valence-corrected chi connectivity index (χ0v) is 13.5. The third-order valence-electron chi connectivity index (χ3n) is 3.86. The van der Waals surface area contributed by atoms with E-state index in [2.05, 4.69) is 15.4 Å². The van der Waals surface area contributed by atoms with E-state index in [9.17, 15) is 4.79 Å². The van der Waals surface area contributed by atoms with Crippen molar-refractivity contribution in [1.82, 2.24) is 14.8 Å². The van der Waals surface area contributed by atoms with E-state index >= 15 is 0 Å². The SMILES string of the molecule is Cc1cnc(NC(=O)c2cnn(-c3ccccc3)c2C2CC2)s1. The summed E-state index contributed by atoms with van der Waals surface area (Å²) in [5.74, 6) is 0.278. The van der Waals surface area contributed by atoms with Crippen LogP contribution in [-0.2, 0) is 0 Å². The molecule has 116 valence electrons. The Morgan fingerprint density at radius 1 is 1.26 bits per heavy atom. The quantitative estimate of drug-likeness (QED) is 0.795. The first kappa shape index (κ1) is 14.1. The van der Waals surface area contributed by atoms with Crippen LogP contribution in [0.1, 0.15) is 39.7 Å². The van der Waals surface area contributed by atoms with E-state index in [4.69, 9.17) is 0 Å². The summed E-state index contributed by atoms with van der Waals surface area (Å²) < 4.78 is 1.89. The highest BCUT2D eigenvalue weighted by atomic mass is 32.1. The molecule has 1 aliphatic carbocycles. The van der Waals surface area contributed by atoms with Crippen LogP contribution in [-0.4, -0.2) is 20.7 Å². The largest absolute Gasteiger partial charge is 0.298 e. The molecule has 1 amide bonds. The van der Waals surface area contributed by atoms with Gasteiger partial charge in [0.1, 0.15) is 0 Å². The number of benzene rings is 1. The zero-order valence-electron chi connectivity index (χ0n) is 12.7. The van der Waals surface area contributed by atoms with Gasteiger partial charge in [0, 0.05) is 17.0 Å². The lowest BCUT2D eigenvalue weighted by molar-refractivity contribution is 0.102. The van der Waals surface area contributed by atoms with Crippen LogP contribution < -0.4 is 5.32 Å². The number of carbonyl (C=O) groups excluding carboxylic acids is 1. The minimum Gasteiger partial charge on any atom is -0.298 e. The van der Waals surface area contributed by atoms with E-state index in [-0.39, 0.29) is 5.91 Å². The van der Waals surface area contributed by atoms with Crippen molar-refractivity contribution < 1.29 is 4.79 Å². The minimum atomic E-state index is -0.136. The van der Waals surface area contributed by atoms with Gasteiger partial charge in [0.25, 0.3) is 5.91 Å². The first-order valence-corrected chi connectivity index (χ1v) is 8.41. The molecule has 1 fully saturated rings. The average molecular weight is 324 g/mol. The van der Waals surface area contributed by atoms with Crippen molar-refractivity contribution in [3.05, 3.63) is 58.9 Å². The number of thiazole rings is 1. The maximum Gasteiger partial charge on any atom is 0.260 e. The first-order valence-electron chi connectivity index (χ1n) is 7.59. The predicted molar refractivity (Wildman–Crippen MR) is 90.3 cm³/mol. The van der Waals surface area contributed by atoms with Crippen LogP contribution in [0.2, 0.25) is 0 Å². The Hall–Kier alpha value is -2.47. The normalized spacial score (nSPS) is 14.0. The molecule has 2 aromatic heterocycles. The second-order valence-electron chi connectivity index (χ2n) is 5.70. The summed E-state index contributed by atoms with van der Waals surface area (Å²) in [6.07, 6.45) is 5.64. The van der Waals surface area contributed by atoms with Crippen molar-refractivity contribution in [3.63, 3.8) is 0 Å². The van der Waals surface area contributed by atoms with Crippen LogP contribution in [0, 0.1) is 6.92 Å². The number of anilines is 1. The molecular weight excluding hydrogens is 308 g/mol. The Balaban J connectivity index is 1.69. The smallest absolute Gasteiger partial charge is 0.260 e. The second-order valence-corrected chi connectivity index (χ2v) is 6.93. The monoisotopic (exact) mass is 324 g/mol. The summed E-state index contributed by atoms with van der Waals surface area (Å²) in [6, 6.07) is 9.94. The van der Waals surface area contributed by atoms with Gasteiger partial charge in [0.2, 0.25) is 0 Å². The van der Waals surface area contributed by atoms with Crippen LogP contribution in [0.25, 0.3) is 5.69 Å². The molecule has 0 atom stereocenters. The Morgan fingerprint density at radius 3 is 2.70 bits per heavy atom. The molecule has 1 aliphatic rings. The van der Waals surface area contributed by atoms with Gasteiger partial charge in [-0.15, -0.1) is 11.3 Å². The molecule has 0 aliphatic heterocycles. The average Bonchev–Trinajstić information content (AvgIpc) is 3.17. The van der Waals surface area contributed by atoms with Gasteiger partial charge in [-0.3, -0.25) is 10.1 Å². The fourth-order valence-corrected chi connectivity index (χ4v) is 3.29. The van der Waals surface area contributed by atoms with Crippen molar-refractivity contribution in [3.8, 4) is 5.69 Å². The van der Waals surface area contributed by atoms with Crippen LogP contribution in [0.4, 0.5) is 5.13 Å². The van der Waals surface area contributed by atoms with Gasteiger partial charge in [-0.2, -0.15) is 5.10 Å². The van der Waals surface area contributed by atoms with Gasteiger partial charge in [0.15, 0.2) is 5.13 Å². The summed E-state index contributed by atoms with van der Waals surface area (Å²) in [6.45, 7) is 1.97. The van der Waals surface area contributed by atoms with Gasteiger partial charge in [-0.05, 0) is 31.9 Å². The standard InChI is InChI=1S/C17H16N4OS/c1-11-9-18-17(23-11)20-16(22)14-10-19-21(15(14)12-7-8-12)13-5-3-2-4-6-13/h2-6,9-10,12H,7-8H2,1H3,(H,18,20,22). The lowest BCUT2D eigenvalue weighted by Gasteiger charge is -2.08. The number of carbonyl (C=O) groups is 1. The van der Waals surface area contributed by atoms with Gasteiger partial charge in [0.05, 0.1) is 23.1 Å². The van der Waals surface area contributed by atoms with Crippen LogP contribution >= 0.6 is 11.3 Å². The second kappa shape index (κ2) is 5.62. The molecule has 5 nitrogen and oxygen atoms in total. The molecule has 4 rings (SSSR count). The molecule has 1 N–H and O–H groups in total. The highest BCUT2D eigenvalue weighted by molar-refractivity contribution is 7.15. The lowest BCUT2D eigenvalue weighted by atomic mass is 10.1. The number of nitrogens with one attached hydrogen (secondary N) is 1.